The summed E-state index contributed by atoms with van der Waals surface area (Å²) in [5.74, 6) is 0.307. The molecule has 1 N–H and O–H groups in total. The van der Waals surface area contributed by atoms with Gasteiger partial charge in [0.05, 0.1) is 18.5 Å². The van der Waals surface area contributed by atoms with Gasteiger partial charge < -0.3 is 14.0 Å². The zero-order chi connectivity index (χ0) is 14.5. The molecule has 2 rings (SSSR count). The Hall–Kier alpha value is -2.08. The molecule has 2 aromatic heterocycles. The summed E-state index contributed by atoms with van der Waals surface area (Å²) in [6.07, 6.45) is 2.43. The number of hydrogen-bond acceptors (Lipinski definition) is 5. The van der Waals surface area contributed by atoms with Crippen LogP contribution < -0.4 is 0 Å². The fourth-order valence-electron chi connectivity index (χ4n) is 1.93. The molecule has 0 spiro atoms. The summed E-state index contributed by atoms with van der Waals surface area (Å²) in [7, 11) is 0. The van der Waals surface area contributed by atoms with Crippen LogP contribution >= 0.6 is 0 Å². The van der Waals surface area contributed by atoms with Crippen LogP contribution in [-0.4, -0.2) is 33.7 Å². The SMILES string of the molecule is CCC(C)N(CC(=O)O)Cc1cc(-c2ccco2)on1. The van der Waals surface area contributed by atoms with Crippen molar-refractivity contribution in [3.63, 3.8) is 0 Å². The number of nitrogens with zero attached hydrogens (tertiary/aromatic N) is 2. The third-order valence-electron chi connectivity index (χ3n) is 3.24. The third kappa shape index (κ3) is 3.48. The number of carboxylic acid groups (broad SMARTS) is 1. The van der Waals surface area contributed by atoms with Crippen LogP contribution in [-0.2, 0) is 11.3 Å². The van der Waals surface area contributed by atoms with Crippen molar-refractivity contribution < 1.29 is 18.8 Å². The van der Waals surface area contributed by atoms with Gasteiger partial charge in [-0.2, -0.15) is 0 Å². The van der Waals surface area contributed by atoms with Gasteiger partial charge in [-0.25, -0.2) is 0 Å². The largest absolute Gasteiger partial charge is 0.480 e. The van der Waals surface area contributed by atoms with Gasteiger partial charge in [0, 0.05) is 18.7 Å². The van der Waals surface area contributed by atoms with E-state index in [1.807, 2.05) is 18.7 Å². The van der Waals surface area contributed by atoms with Crippen LogP contribution in [0, 0.1) is 0 Å². The Morgan fingerprint density at radius 2 is 2.30 bits per heavy atom. The van der Waals surface area contributed by atoms with Crippen LogP contribution in [0.1, 0.15) is 26.0 Å². The average Bonchev–Trinajstić information content (AvgIpc) is 3.06. The monoisotopic (exact) mass is 278 g/mol. The maximum absolute atomic E-state index is 10.9. The van der Waals surface area contributed by atoms with Crippen LogP contribution in [0.3, 0.4) is 0 Å². The van der Waals surface area contributed by atoms with E-state index < -0.39 is 5.97 Å². The number of carbonyl (C=O) groups is 1. The molecule has 0 aliphatic carbocycles. The molecule has 20 heavy (non-hydrogen) atoms. The fraction of sp³-hybridized carbons (Fsp3) is 0.429. The Labute approximate surface area is 117 Å². The Kier molecular flexibility index (Phi) is 4.57. The average molecular weight is 278 g/mol. The summed E-state index contributed by atoms with van der Waals surface area (Å²) < 4.78 is 10.4. The Morgan fingerprint density at radius 1 is 1.50 bits per heavy atom. The summed E-state index contributed by atoms with van der Waals surface area (Å²) >= 11 is 0. The lowest BCUT2D eigenvalue weighted by Crippen LogP contribution is -2.36. The molecule has 0 fully saturated rings. The molecule has 0 aliphatic rings. The van der Waals surface area contributed by atoms with Crippen LogP contribution in [0.25, 0.3) is 11.5 Å². The third-order valence-corrected chi connectivity index (χ3v) is 3.24. The van der Waals surface area contributed by atoms with E-state index in [0.29, 0.717) is 23.8 Å². The van der Waals surface area contributed by atoms with Crippen molar-refractivity contribution in [2.24, 2.45) is 0 Å². The molecule has 0 aromatic carbocycles. The van der Waals surface area contributed by atoms with Crippen LogP contribution in [0.4, 0.5) is 0 Å². The second kappa shape index (κ2) is 6.38. The number of aromatic nitrogens is 1. The molecule has 2 heterocycles. The molecule has 1 unspecified atom stereocenters. The molecule has 0 amide bonds. The second-order valence-corrected chi connectivity index (χ2v) is 4.72. The van der Waals surface area contributed by atoms with E-state index in [-0.39, 0.29) is 12.6 Å². The molecule has 6 heteroatoms. The number of carboxylic acids is 1. The van der Waals surface area contributed by atoms with E-state index in [9.17, 15) is 4.79 Å². The predicted octanol–water partition coefficient (Wildman–Crippen LogP) is 2.62. The molecule has 1 atom stereocenters. The quantitative estimate of drug-likeness (QED) is 0.838. The topological polar surface area (TPSA) is 79.7 Å². The highest BCUT2D eigenvalue weighted by atomic mass is 16.5. The maximum Gasteiger partial charge on any atom is 0.317 e. The van der Waals surface area contributed by atoms with Gasteiger partial charge in [-0.15, -0.1) is 0 Å². The second-order valence-electron chi connectivity index (χ2n) is 4.72. The molecule has 0 saturated heterocycles. The molecule has 6 nitrogen and oxygen atoms in total. The van der Waals surface area contributed by atoms with E-state index in [0.717, 1.165) is 6.42 Å². The normalized spacial score (nSPS) is 12.8. The van der Waals surface area contributed by atoms with Gasteiger partial charge in [0.15, 0.2) is 5.76 Å². The zero-order valence-corrected chi connectivity index (χ0v) is 11.6. The minimum atomic E-state index is -0.847. The van der Waals surface area contributed by atoms with Crippen LogP contribution in [0.5, 0.6) is 0 Å². The van der Waals surface area contributed by atoms with Gasteiger partial charge in [-0.05, 0) is 25.5 Å². The first-order chi connectivity index (χ1) is 9.60. The van der Waals surface area contributed by atoms with Crippen molar-refractivity contribution in [2.75, 3.05) is 6.54 Å². The maximum atomic E-state index is 10.9. The van der Waals surface area contributed by atoms with Crippen molar-refractivity contribution in [3.8, 4) is 11.5 Å². The highest BCUT2D eigenvalue weighted by Crippen LogP contribution is 2.21. The van der Waals surface area contributed by atoms with Gasteiger partial charge in [-0.3, -0.25) is 9.69 Å². The number of rotatable bonds is 7. The van der Waals surface area contributed by atoms with Crippen molar-refractivity contribution in [1.82, 2.24) is 10.1 Å². The molecular weight excluding hydrogens is 260 g/mol. The van der Waals surface area contributed by atoms with Crippen LogP contribution in [0.2, 0.25) is 0 Å². The van der Waals surface area contributed by atoms with E-state index in [1.54, 1.807) is 24.5 Å². The summed E-state index contributed by atoms with van der Waals surface area (Å²) in [6.45, 7) is 4.44. The summed E-state index contributed by atoms with van der Waals surface area (Å²) in [4.78, 5) is 12.8. The summed E-state index contributed by atoms with van der Waals surface area (Å²) in [6, 6.07) is 5.49. The van der Waals surface area contributed by atoms with Gasteiger partial charge in [0.25, 0.3) is 0 Å². The highest BCUT2D eigenvalue weighted by Gasteiger charge is 2.18. The first kappa shape index (κ1) is 14.3. The Morgan fingerprint density at radius 3 is 2.90 bits per heavy atom. The fourth-order valence-corrected chi connectivity index (χ4v) is 1.93. The standard InChI is InChI=1S/C14H18N2O4/c1-3-10(2)16(9-14(17)18)8-11-7-13(20-15-11)12-5-4-6-19-12/h4-7,10H,3,8-9H2,1-2H3,(H,17,18). The minimum Gasteiger partial charge on any atom is -0.480 e. The lowest BCUT2D eigenvalue weighted by molar-refractivity contribution is -0.139. The lowest BCUT2D eigenvalue weighted by Gasteiger charge is -2.25. The molecule has 0 aliphatic heterocycles. The first-order valence-corrected chi connectivity index (χ1v) is 6.55. The molecular formula is C14H18N2O4. The van der Waals surface area contributed by atoms with Crippen molar-refractivity contribution in [2.45, 2.75) is 32.9 Å². The van der Waals surface area contributed by atoms with Crippen molar-refractivity contribution in [3.05, 3.63) is 30.2 Å². The van der Waals surface area contributed by atoms with E-state index in [1.165, 1.54) is 0 Å². The molecule has 2 aromatic rings. The number of furan rings is 1. The van der Waals surface area contributed by atoms with E-state index in [4.69, 9.17) is 14.0 Å². The highest BCUT2D eigenvalue weighted by molar-refractivity contribution is 5.69. The lowest BCUT2D eigenvalue weighted by atomic mass is 10.2. The Balaban J connectivity index is 2.08. The smallest absolute Gasteiger partial charge is 0.317 e. The minimum absolute atomic E-state index is 0.0159. The molecule has 0 radical (unpaired) electrons. The summed E-state index contributed by atoms with van der Waals surface area (Å²) in [5.41, 5.74) is 0.693. The van der Waals surface area contributed by atoms with Crippen molar-refractivity contribution >= 4 is 5.97 Å². The number of hydrogen-bond donors (Lipinski definition) is 1. The van der Waals surface area contributed by atoms with Gasteiger partial charge in [0.2, 0.25) is 5.76 Å². The van der Waals surface area contributed by atoms with Crippen molar-refractivity contribution in [1.29, 1.82) is 0 Å². The van der Waals surface area contributed by atoms with E-state index >= 15 is 0 Å². The zero-order valence-electron chi connectivity index (χ0n) is 11.6. The molecule has 108 valence electrons. The molecule has 0 bridgehead atoms. The van der Waals surface area contributed by atoms with Gasteiger partial charge in [0.1, 0.15) is 0 Å². The van der Waals surface area contributed by atoms with Gasteiger partial charge in [-0.1, -0.05) is 12.1 Å². The summed E-state index contributed by atoms with van der Waals surface area (Å²) in [5, 5.41) is 12.9. The molecule has 0 saturated carbocycles. The Bertz CT molecular complexity index is 547. The van der Waals surface area contributed by atoms with E-state index in [2.05, 4.69) is 5.16 Å². The first-order valence-electron chi connectivity index (χ1n) is 6.55. The van der Waals surface area contributed by atoms with Crippen LogP contribution in [0.15, 0.2) is 33.4 Å². The predicted molar refractivity (Wildman–Crippen MR) is 72.0 cm³/mol. The number of aliphatic carboxylic acids is 1. The van der Waals surface area contributed by atoms with Gasteiger partial charge >= 0.3 is 5.97 Å².